The lowest BCUT2D eigenvalue weighted by Crippen LogP contribution is -2.12. The molecule has 0 aliphatic carbocycles. The first-order chi connectivity index (χ1) is 6.95. The largest absolute Gasteiger partial charge is 0.381 e. The lowest BCUT2D eigenvalue weighted by molar-refractivity contribution is 0.112. The van der Waals surface area contributed by atoms with Crippen molar-refractivity contribution < 1.29 is 4.74 Å². The highest BCUT2D eigenvalue weighted by Crippen LogP contribution is 2.25. The Morgan fingerprint density at radius 3 is 2.33 bits per heavy atom. The van der Waals surface area contributed by atoms with Crippen molar-refractivity contribution in [1.82, 2.24) is 0 Å². The van der Waals surface area contributed by atoms with Gasteiger partial charge in [-0.05, 0) is 30.6 Å². The minimum atomic E-state index is 0.452. The first-order valence-electron chi connectivity index (χ1n) is 6.32. The third kappa shape index (κ3) is 11.9. The van der Waals surface area contributed by atoms with Gasteiger partial charge < -0.3 is 4.74 Å². The van der Waals surface area contributed by atoms with Gasteiger partial charge in [-0.1, -0.05) is 47.5 Å². The number of hydrogen-bond donors (Lipinski definition) is 0. The van der Waals surface area contributed by atoms with E-state index in [1.165, 1.54) is 19.3 Å². The Labute approximate surface area is 96.6 Å². The molecule has 0 saturated heterocycles. The highest BCUT2D eigenvalue weighted by molar-refractivity contribution is 4.66. The van der Waals surface area contributed by atoms with Gasteiger partial charge in [-0.15, -0.1) is 0 Å². The predicted octanol–water partition coefficient (Wildman–Crippen LogP) is 4.47. The molecule has 1 atom stereocenters. The fraction of sp³-hybridized carbons (Fsp3) is 0.929. The predicted molar refractivity (Wildman–Crippen MR) is 67.9 cm³/mol. The van der Waals surface area contributed by atoms with Gasteiger partial charge >= 0.3 is 0 Å². The van der Waals surface area contributed by atoms with E-state index in [-0.39, 0.29) is 0 Å². The minimum Gasteiger partial charge on any atom is -0.381 e. The molecule has 0 aliphatic rings. The molecule has 1 radical (unpaired) electrons. The van der Waals surface area contributed by atoms with Gasteiger partial charge in [0.15, 0.2) is 0 Å². The van der Waals surface area contributed by atoms with Crippen molar-refractivity contribution in [2.45, 2.75) is 59.8 Å². The Morgan fingerprint density at radius 1 is 1.13 bits per heavy atom. The van der Waals surface area contributed by atoms with Gasteiger partial charge in [0.05, 0.1) is 0 Å². The summed E-state index contributed by atoms with van der Waals surface area (Å²) in [7, 11) is 0. The molecule has 0 saturated carbocycles. The van der Waals surface area contributed by atoms with Gasteiger partial charge in [0, 0.05) is 13.2 Å². The van der Waals surface area contributed by atoms with E-state index >= 15 is 0 Å². The van der Waals surface area contributed by atoms with Gasteiger partial charge in [0.1, 0.15) is 0 Å². The second-order valence-corrected chi connectivity index (χ2v) is 5.83. The van der Waals surface area contributed by atoms with Crippen LogP contribution in [0, 0.1) is 18.3 Å². The zero-order chi connectivity index (χ0) is 11.7. The monoisotopic (exact) mass is 213 g/mol. The Kier molecular flexibility index (Phi) is 8.13. The molecule has 0 aliphatic heterocycles. The zero-order valence-corrected chi connectivity index (χ0v) is 11.1. The molecule has 1 unspecified atom stereocenters. The number of rotatable bonds is 8. The van der Waals surface area contributed by atoms with Crippen molar-refractivity contribution in [2.24, 2.45) is 11.3 Å². The maximum atomic E-state index is 5.59. The SMILES string of the molecule is [CH2]CCCCOCCC(C)CC(C)(C)C. The van der Waals surface area contributed by atoms with E-state index in [0.29, 0.717) is 5.41 Å². The topological polar surface area (TPSA) is 9.23 Å². The standard InChI is InChI=1S/C14H29O/c1-6-7-8-10-15-11-9-13(2)12-14(3,4)5/h13H,1,6-12H2,2-5H3. The second kappa shape index (κ2) is 8.15. The van der Waals surface area contributed by atoms with E-state index < -0.39 is 0 Å². The number of ether oxygens (including phenoxy) is 1. The highest BCUT2D eigenvalue weighted by Gasteiger charge is 2.14. The van der Waals surface area contributed by atoms with Gasteiger partial charge in [-0.2, -0.15) is 0 Å². The summed E-state index contributed by atoms with van der Waals surface area (Å²) < 4.78 is 5.59. The average Bonchev–Trinajstić information content (AvgIpc) is 2.08. The highest BCUT2D eigenvalue weighted by atomic mass is 16.5. The van der Waals surface area contributed by atoms with Crippen LogP contribution in [0.1, 0.15) is 59.8 Å². The van der Waals surface area contributed by atoms with Crippen molar-refractivity contribution in [3.8, 4) is 0 Å². The van der Waals surface area contributed by atoms with Crippen LogP contribution < -0.4 is 0 Å². The van der Waals surface area contributed by atoms with Crippen LogP contribution in [-0.4, -0.2) is 13.2 Å². The van der Waals surface area contributed by atoms with E-state index in [2.05, 4.69) is 34.6 Å². The van der Waals surface area contributed by atoms with Crippen LogP contribution in [0.2, 0.25) is 0 Å². The Bertz CT molecular complexity index is 135. The average molecular weight is 213 g/mol. The van der Waals surface area contributed by atoms with Crippen molar-refractivity contribution >= 4 is 0 Å². The van der Waals surface area contributed by atoms with Crippen LogP contribution in [0.4, 0.5) is 0 Å². The first kappa shape index (κ1) is 15.0. The molecule has 0 aromatic rings. The first-order valence-corrected chi connectivity index (χ1v) is 6.32. The van der Waals surface area contributed by atoms with Crippen molar-refractivity contribution in [3.05, 3.63) is 6.92 Å². The van der Waals surface area contributed by atoms with E-state index in [1.54, 1.807) is 0 Å². The van der Waals surface area contributed by atoms with E-state index in [4.69, 9.17) is 4.74 Å². The molecule has 0 rings (SSSR count). The molecule has 91 valence electrons. The summed E-state index contributed by atoms with van der Waals surface area (Å²) in [4.78, 5) is 0. The summed E-state index contributed by atoms with van der Waals surface area (Å²) in [5, 5.41) is 0. The lowest BCUT2D eigenvalue weighted by atomic mass is 9.84. The Morgan fingerprint density at radius 2 is 1.80 bits per heavy atom. The van der Waals surface area contributed by atoms with E-state index in [1.807, 2.05) is 0 Å². The van der Waals surface area contributed by atoms with Crippen LogP contribution in [-0.2, 0) is 4.74 Å². The van der Waals surface area contributed by atoms with Gasteiger partial charge in [0.25, 0.3) is 0 Å². The summed E-state index contributed by atoms with van der Waals surface area (Å²) in [6, 6.07) is 0. The Balaban J connectivity index is 3.28. The molecule has 1 heteroatoms. The molecule has 0 heterocycles. The lowest BCUT2D eigenvalue weighted by Gasteiger charge is -2.23. The van der Waals surface area contributed by atoms with Gasteiger partial charge in [-0.25, -0.2) is 0 Å². The second-order valence-electron chi connectivity index (χ2n) is 5.83. The third-order valence-electron chi connectivity index (χ3n) is 2.50. The third-order valence-corrected chi connectivity index (χ3v) is 2.50. The van der Waals surface area contributed by atoms with Crippen molar-refractivity contribution in [2.75, 3.05) is 13.2 Å². The van der Waals surface area contributed by atoms with Crippen LogP contribution in [0.25, 0.3) is 0 Å². The van der Waals surface area contributed by atoms with Crippen molar-refractivity contribution in [1.29, 1.82) is 0 Å². The molecule has 0 fully saturated rings. The molecule has 0 aromatic heterocycles. The molecule has 0 bridgehead atoms. The van der Waals surface area contributed by atoms with Crippen LogP contribution in [0.15, 0.2) is 0 Å². The maximum absolute atomic E-state index is 5.59. The van der Waals surface area contributed by atoms with Gasteiger partial charge in [0.2, 0.25) is 0 Å². The quantitative estimate of drug-likeness (QED) is 0.541. The molecular weight excluding hydrogens is 184 g/mol. The smallest absolute Gasteiger partial charge is 0.0468 e. The fourth-order valence-electron chi connectivity index (χ4n) is 1.91. The minimum absolute atomic E-state index is 0.452. The summed E-state index contributed by atoms with van der Waals surface area (Å²) in [6.07, 6.45) is 5.87. The van der Waals surface area contributed by atoms with Crippen LogP contribution in [0.3, 0.4) is 0 Å². The zero-order valence-electron chi connectivity index (χ0n) is 11.1. The molecule has 0 aromatic carbocycles. The number of unbranched alkanes of at least 4 members (excludes halogenated alkanes) is 2. The summed E-state index contributed by atoms with van der Waals surface area (Å²) in [6.45, 7) is 14.9. The fourth-order valence-corrected chi connectivity index (χ4v) is 1.91. The molecule has 0 N–H and O–H groups in total. The normalized spacial score (nSPS) is 14.2. The molecular formula is C14H29O. The van der Waals surface area contributed by atoms with Gasteiger partial charge in [-0.3, -0.25) is 0 Å². The summed E-state index contributed by atoms with van der Waals surface area (Å²) in [5.74, 6) is 0.776. The molecule has 15 heavy (non-hydrogen) atoms. The van der Waals surface area contributed by atoms with E-state index in [9.17, 15) is 0 Å². The maximum Gasteiger partial charge on any atom is 0.0468 e. The summed E-state index contributed by atoms with van der Waals surface area (Å²) in [5.41, 5.74) is 0.452. The molecule has 1 nitrogen and oxygen atoms in total. The number of hydrogen-bond acceptors (Lipinski definition) is 1. The van der Waals surface area contributed by atoms with Crippen molar-refractivity contribution in [3.63, 3.8) is 0 Å². The Hall–Kier alpha value is -0.0400. The summed E-state index contributed by atoms with van der Waals surface area (Å²) >= 11 is 0. The van der Waals surface area contributed by atoms with E-state index in [0.717, 1.165) is 32.0 Å². The van der Waals surface area contributed by atoms with Crippen LogP contribution in [0.5, 0.6) is 0 Å². The van der Waals surface area contributed by atoms with Crippen LogP contribution >= 0.6 is 0 Å². The molecule has 0 amide bonds. The molecule has 0 spiro atoms.